The van der Waals surface area contributed by atoms with Crippen molar-refractivity contribution in [3.63, 3.8) is 0 Å². The molecule has 1 aliphatic heterocycles. The Morgan fingerprint density at radius 1 is 0.886 bits per heavy atom. The average Bonchev–Trinajstić information content (AvgIpc) is 3.20. The number of ether oxygens (including phenoxy) is 1. The lowest BCUT2D eigenvalue weighted by atomic mass is 10.00. The van der Waals surface area contributed by atoms with Crippen LogP contribution in [-0.4, -0.2) is 70.6 Å². The Kier molecular flexibility index (Phi) is 10.5. The van der Waals surface area contributed by atoms with Crippen molar-refractivity contribution in [1.29, 1.82) is 0 Å². The second kappa shape index (κ2) is 14.1. The van der Waals surface area contributed by atoms with Gasteiger partial charge in [0.2, 0.25) is 5.91 Å². The van der Waals surface area contributed by atoms with E-state index in [1.54, 1.807) is 32.9 Å². The highest BCUT2D eigenvalue weighted by Crippen LogP contribution is 2.28. The predicted octanol–water partition coefficient (Wildman–Crippen LogP) is 4.26. The molecule has 1 heterocycles. The van der Waals surface area contributed by atoms with Crippen molar-refractivity contribution in [3.8, 4) is 0 Å². The minimum Gasteiger partial charge on any atom is -0.459 e. The lowest BCUT2D eigenvalue weighted by molar-refractivity contribution is -0.158. The molecule has 1 unspecified atom stereocenters. The maximum atomic E-state index is 13.6. The molecule has 0 bridgehead atoms. The van der Waals surface area contributed by atoms with E-state index in [4.69, 9.17) is 4.74 Å². The Bertz CT molecular complexity index is 1440. The van der Waals surface area contributed by atoms with E-state index in [1.807, 2.05) is 68.4 Å². The first-order valence-electron chi connectivity index (χ1n) is 15.2. The van der Waals surface area contributed by atoms with Gasteiger partial charge in [-0.3, -0.25) is 29.4 Å². The molecule has 0 aromatic heterocycles. The zero-order valence-corrected chi connectivity index (χ0v) is 26.1. The van der Waals surface area contributed by atoms with Crippen molar-refractivity contribution in [2.75, 3.05) is 13.2 Å². The third-order valence-corrected chi connectivity index (χ3v) is 7.49. The summed E-state index contributed by atoms with van der Waals surface area (Å²) in [6, 6.07) is 18.3. The van der Waals surface area contributed by atoms with Gasteiger partial charge >= 0.3 is 5.97 Å². The molecule has 3 N–H and O–H groups in total. The van der Waals surface area contributed by atoms with E-state index >= 15 is 0 Å². The first kappa shape index (κ1) is 32.8. The van der Waals surface area contributed by atoms with Crippen molar-refractivity contribution in [2.45, 2.75) is 77.6 Å². The SMILES string of the molecule is CC(C)CC(N[C@H](CCN1C(=O)c2cc3ccccc3cc2C1=O)C(=O)OC(C)(C)C)C(=O)N[C@H](CO)Cc1ccccc1. The highest BCUT2D eigenvalue weighted by atomic mass is 16.6. The number of fused-ring (bicyclic) bond motifs is 2. The van der Waals surface area contributed by atoms with Gasteiger partial charge < -0.3 is 15.2 Å². The van der Waals surface area contributed by atoms with Crippen LogP contribution >= 0.6 is 0 Å². The van der Waals surface area contributed by atoms with E-state index in [2.05, 4.69) is 10.6 Å². The molecule has 4 rings (SSSR count). The summed E-state index contributed by atoms with van der Waals surface area (Å²) in [5.74, 6) is -1.66. The molecule has 0 fully saturated rings. The topological polar surface area (TPSA) is 125 Å². The van der Waals surface area contributed by atoms with Gasteiger partial charge in [-0.15, -0.1) is 0 Å². The summed E-state index contributed by atoms with van der Waals surface area (Å²) in [5, 5.41) is 17.8. The molecule has 3 aromatic carbocycles. The number of hydrogen-bond donors (Lipinski definition) is 3. The second-order valence-electron chi connectivity index (χ2n) is 12.8. The molecule has 0 spiro atoms. The summed E-state index contributed by atoms with van der Waals surface area (Å²) in [5.41, 5.74) is 0.850. The summed E-state index contributed by atoms with van der Waals surface area (Å²) >= 11 is 0. The van der Waals surface area contributed by atoms with Crippen molar-refractivity contribution in [2.24, 2.45) is 5.92 Å². The molecule has 234 valence electrons. The molecule has 3 aromatic rings. The molecular formula is C35H43N3O6. The first-order chi connectivity index (χ1) is 20.9. The lowest BCUT2D eigenvalue weighted by Crippen LogP contribution is -2.55. The van der Waals surface area contributed by atoms with E-state index in [1.165, 1.54) is 0 Å². The number of esters is 1. The molecule has 3 amide bonds. The molecule has 9 nitrogen and oxygen atoms in total. The number of carbonyl (C=O) groups is 4. The first-order valence-corrected chi connectivity index (χ1v) is 15.2. The number of nitrogens with one attached hydrogen (secondary N) is 2. The van der Waals surface area contributed by atoms with Crippen LogP contribution in [0.4, 0.5) is 0 Å². The van der Waals surface area contributed by atoms with Crippen LogP contribution in [-0.2, 0) is 20.7 Å². The van der Waals surface area contributed by atoms with Gasteiger partial charge in [-0.25, -0.2) is 0 Å². The monoisotopic (exact) mass is 601 g/mol. The summed E-state index contributed by atoms with van der Waals surface area (Å²) in [7, 11) is 0. The second-order valence-corrected chi connectivity index (χ2v) is 12.8. The molecule has 0 saturated carbocycles. The molecule has 0 aliphatic carbocycles. The van der Waals surface area contributed by atoms with Gasteiger partial charge in [0.15, 0.2) is 0 Å². The fourth-order valence-electron chi connectivity index (χ4n) is 5.41. The summed E-state index contributed by atoms with van der Waals surface area (Å²) in [6.45, 7) is 8.92. The summed E-state index contributed by atoms with van der Waals surface area (Å²) in [6.07, 6.45) is 0.908. The van der Waals surface area contributed by atoms with Crippen molar-refractivity contribution >= 4 is 34.5 Å². The standard InChI is InChI=1S/C35H43N3O6/c1-22(2)17-30(31(40)36-26(21-39)18-23-11-7-6-8-12-23)37-29(34(43)44-35(3,4)5)15-16-38-32(41)27-19-24-13-9-10-14-25(24)20-28(27)33(38)42/h6-14,19-20,22,26,29-30,37,39H,15-18,21H2,1-5H3,(H,36,40)/t26-,29+,30?/m0/s1. The Hall–Kier alpha value is -4.08. The number of aliphatic hydroxyl groups is 1. The summed E-state index contributed by atoms with van der Waals surface area (Å²) < 4.78 is 5.69. The average molecular weight is 602 g/mol. The van der Waals surface area contributed by atoms with Crippen LogP contribution in [0.2, 0.25) is 0 Å². The fraction of sp³-hybridized carbons (Fsp3) is 0.429. The van der Waals surface area contributed by atoms with Crippen LogP contribution in [0.5, 0.6) is 0 Å². The Morgan fingerprint density at radius 2 is 1.45 bits per heavy atom. The zero-order valence-electron chi connectivity index (χ0n) is 26.1. The van der Waals surface area contributed by atoms with Crippen LogP contribution in [0, 0.1) is 5.92 Å². The van der Waals surface area contributed by atoms with Gasteiger partial charge in [-0.2, -0.15) is 0 Å². The smallest absolute Gasteiger partial charge is 0.323 e. The number of rotatable bonds is 13. The number of hydrogen-bond acceptors (Lipinski definition) is 7. The van der Waals surface area contributed by atoms with Crippen LogP contribution in [0.3, 0.4) is 0 Å². The normalized spacial score (nSPS) is 15.3. The van der Waals surface area contributed by atoms with E-state index in [0.29, 0.717) is 24.0 Å². The Morgan fingerprint density at radius 3 is 1.98 bits per heavy atom. The van der Waals surface area contributed by atoms with Gasteiger partial charge in [-0.05, 0) is 74.4 Å². The van der Waals surface area contributed by atoms with E-state index < -0.39 is 41.5 Å². The van der Waals surface area contributed by atoms with E-state index in [0.717, 1.165) is 21.2 Å². The van der Waals surface area contributed by atoms with Crippen molar-refractivity contribution in [1.82, 2.24) is 15.5 Å². The summed E-state index contributed by atoms with van der Waals surface area (Å²) in [4.78, 5) is 54.8. The minimum absolute atomic E-state index is 0.0388. The highest BCUT2D eigenvalue weighted by Gasteiger charge is 2.38. The van der Waals surface area contributed by atoms with Crippen LogP contribution < -0.4 is 10.6 Å². The van der Waals surface area contributed by atoms with E-state index in [9.17, 15) is 24.3 Å². The molecular weight excluding hydrogens is 558 g/mol. The highest BCUT2D eigenvalue weighted by molar-refractivity contribution is 6.23. The predicted molar refractivity (Wildman–Crippen MR) is 169 cm³/mol. The molecule has 0 radical (unpaired) electrons. The zero-order chi connectivity index (χ0) is 32.0. The lowest BCUT2D eigenvalue weighted by Gasteiger charge is -2.30. The van der Waals surface area contributed by atoms with Gasteiger partial charge in [0, 0.05) is 6.54 Å². The van der Waals surface area contributed by atoms with Gasteiger partial charge in [-0.1, -0.05) is 68.4 Å². The number of nitrogens with zero attached hydrogens (tertiary/aromatic N) is 1. The van der Waals surface area contributed by atoms with Crippen LogP contribution in [0.15, 0.2) is 66.7 Å². The number of carbonyl (C=O) groups excluding carboxylic acids is 4. The van der Waals surface area contributed by atoms with E-state index in [-0.39, 0.29) is 31.4 Å². The van der Waals surface area contributed by atoms with Gasteiger partial charge in [0.05, 0.1) is 29.8 Å². The van der Waals surface area contributed by atoms with Gasteiger partial charge in [0.1, 0.15) is 11.6 Å². The third-order valence-electron chi connectivity index (χ3n) is 7.49. The fourth-order valence-corrected chi connectivity index (χ4v) is 5.41. The largest absolute Gasteiger partial charge is 0.459 e. The molecule has 0 saturated heterocycles. The Labute approximate surface area is 259 Å². The number of amides is 3. The molecule has 3 atom stereocenters. The van der Waals surface area contributed by atoms with Crippen LogP contribution in [0.25, 0.3) is 10.8 Å². The Balaban J connectivity index is 1.52. The number of benzene rings is 3. The van der Waals surface area contributed by atoms with Crippen molar-refractivity contribution < 1.29 is 29.0 Å². The molecule has 44 heavy (non-hydrogen) atoms. The number of imide groups is 1. The number of aliphatic hydroxyl groups excluding tert-OH is 1. The maximum Gasteiger partial charge on any atom is 0.323 e. The molecule has 9 heteroatoms. The third kappa shape index (κ3) is 8.30. The quantitative estimate of drug-likeness (QED) is 0.198. The van der Waals surface area contributed by atoms with Crippen LogP contribution in [0.1, 0.15) is 73.7 Å². The van der Waals surface area contributed by atoms with Gasteiger partial charge in [0.25, 0.3) is 11.8 Å². The minimum atomic E-state index is -0.978. The molecule has 1 aliphatic rings. The maximum absolute atomic E-state index is 13.6. The van der Waals surface area contributed by atoms with Crippen molar-refractivity contribution in [3.05, 3.63) is 83.4 Å².